The maximum atomic E-state index is 13.6. The number of urea groups is 1. The van der Waals surface area contributed by atoms with E-state index in [0.717, 1.165) is 55.7 Å². The predicted octanol–water partition coefficient (Wildman–Crippen LogP) is 7.44. The lowest BCUT2D eigenvalue weighted by molar-refractivity contribution is 0.206. The summed E-state index contributed by atoms with van der Waals surface area (Å²) in [6.07, 6.45) is 2.92. The van der Waals surface area contributed by atoms with Crippen LogP contribution in [0.2, 0.25) is 10.0 Å². The normalized spacial score (nSPS) is 14.3. The second-order valence-electron chi connectivity index (χ2n) is 8.77. The van der Waals surface area contributed by atoms with Crippen molar-refractivity contribution in [2.45, 2.75) is 32.2 Å². The number of nitriles is 1. The highest BCUT2D eigenvalue weighted by atomic mass is 35.5. The van der Waals surface area contributed by atoms with Gasteiger partial charge in [0.25, 0.3) is 0 Å². The van der Waals surface area contributed by atoms with Crippen LogP contribution < -0.4 is 10.2 Å². The van der Waals surface area contributed by atoms with E-state index in [0.29, 0.717) is 21.3 Å². The minimum Gasteiger partial charge on any atom is -0.307 e. The highest BCUT2D eigenvalue weighted by molar-refractivity contribution is 6.35. The van der Waals surface area contributed by atoms with E-state index in [1.165, 1.54) is 0 Å². The van der Waals surface area contributed by atoms with E-state index < -0.39 is 0 Å². The van der Waals surface area contributed by atoms with Gasteiger partial charge in [0.05, 0.1) is 11.6 Å². The molecule has 7 heteroatoms. The van der Waals surface area contributed by atoms with Crippen molar-refractivity contribution < 1.29 is 4.79 Å². The van der Waals surface area contributed by atoms with Gasteiger partial charge >= 0.3 is 6.03 Å². The molecule has 3 aromatic rings. The van der Waals surface area contributed by atoms with Crippen LogP contribution in [0.3, 0.4) is 0 Å². The van der Waals surface area contributed by atoms with Crippen LogP contribution in [0, 0.1) is 11.3 Å². The smallest absolute Gasteiger partial charge is 0.307 e. The molecule has 0 bridgehead atoms. The number of amides is 2. The number of hydrogen-bond acceptors (Lipinski definition) is 3. The molecule has 0 aliphatic carbocycles. The lowest BCUT2D eigenvalue weighted by Gasteiger charge is -2.38. The lowest BCUT2D eigenvalue weighted by Crippen LogP contribution is -2.49. The maximum absolute atomic E-state index is 13.6. The topological polar surface area (TPSA) is 59.4 Å². The summed E-state index contributed by atoms with van der Waals surface area (Å²) in [6, 6.07) is 22.5. The average Bonchev–Trinajstić information content (AvgIpc) is 2.85. The van der Waals surface area contributed by atoms with Crippen LogP contribution in [0.1, 0.15) is 31.7 Å². The van der Waals surface area contributed by atoms with Gasteiger partial charge in [-0.2, -0.15) is 5.26 Å². The molecule has 0 radical (unpaired) electrons. The molecule has 0 spiro atoms. The number of halogens is 2. The summed E-state index contributed by atoms with van der Waals surface area (Å²) in [5, 5.41) is 13.1. The van der Waals surface area contributed by atoms with E-state index in [-0.39, 0.29) is 12.1 Å². The molecule has 1 fully saturated rings. The van der Waals surface area contributed by atoms with Crippen molar-refractivity contribution in [3.05, 3.63) is 82.3 Å². The number of nitrogens with one attached hydrogen (secondary N) is 1. The summed E-state index contributed by atoms with van der Waals surface area (Å²) in [5.74, 6) is 0. The molecule has 2 amide bonds. The molecule has 35 heavy (non-hydrogen) atoms. The Morgan fingerprint density at radius 1 is 1.03 bits per heavy atom. The number of carbonyl (C=O) groups excluding carboxylic acids is 1. The van der Waals surface area contributed by atoms with Crippen molar-refractivity contribution in [1.29, 1.82) is 5.26 Å². The second-order valence-corrected chi connectivity index (χ2v) is 9.64. The van der Waals surface area contributed by atoms with Crippen molar-refractivity contribution in [2.75, 3.05) is 29.9 Å². The fraction of sp³-hybridized carbons (Fsp3) is 0.286. The van der Waals surface area contributed by atoms with Crippen LogP contribution in [0.5, 0.6) is 0 Å². The summed E-state index contributed by atoms with van der Waals surface area (Å²) in [7, 11) is 0. The average molecular weight is 507 g/mol. The SMILES string of the molecule is CCCN1CCC(N(C(=O)Nc2cc(Cl)cc(Cl)c2)c2ccc(-c3cccc(C#N)c3)cc2)CC1. The molecule has 3 aromatic carbocycles. The van der Waals surface area contributed by atoms with Crippen LogP contribution in [0.15, 0.2) is 66.7 Å². The number of benzene rings is 3. The van der Waals surface area contributed by atoms with Gasteiger partial charge < -0.3 is 10.2 Å². The third-order valence-electron chi connectivity index (χ3n) is 6.27. The van der Waals surface area contributed by atoms with Gasteiger partial charge in [-0.05, 0) is 79.4 Å². The lowest BCUT2D eigenvalue weighted by atomic mass is 10.0. The van der Waals surface area contributed by atoms with Gasteiger partial charge in [0, 0.05) is 40.6 Å². The summed E-state index contributed by atoms with van der Waals surface area (Å²) >= 11 is 12.3. The minimum absolute atomic E-state index is 0.0746. The fourth-order valence-electron chi connectivity index (χ4n) is 4.60. The second kappa shape index (κ2) is 11.6. The number of anilines is 2. The third-order valence-corrected chi connectivity index (χ3v) is 6.70. The Balaban J connectivity index is 1.60. The predicted molar refractivity (Wildman–Crippen MR) is 144 cm³/mol. The molecular weight excluding hydrogens is 479 g/mol. The van der Waals surface area contributed by atoms with Crippen molar-refractivity contribution in [1.82, 2.24) is 4.90 Å². The van der Waals surface area contributed by atoms with Gasteiger partial charge in [-0.25, -0.2) is 4.79 Å². The highest BCUT2D eigenvalue weighted by Crippen LogP contribution is 2.29. The fourth-order valence-corrected chi connectivity index (χ4v) is 5.13. The molecule has 1 N–H and O–H groups in total. The zero-order chi connectivity index (χ0) is 24.8. The number of likely N-dealkylation sites (tertiary alicyclic amines) is 1. The van der Waals surface area contributed by atoms with E-state index in [1.807, 2.05) is 47.4 Å². The zero-order valence-corrected chi connectivity index (χ0v) is 21.2. The van der Waals surface area contributed by atoms with Crippen LogP contribution in [0.4, 0.5) is 16.2 Å². The van der Waals surface area contributed by atoms with Crippen molar-refractivity contribution >= 4 is 40.6 Å². The third kappa shape index (κ3) is 6.35. The van der Waals surface area contributed by atoms with Gasteiger partial charge in [-0.15, -0.1) is 0 Å². The Hall–Kier alpha value is -3.04. The Kier molecular flexibility index (Phi) is 8.30. The van der Waals surface area contributed by atoms with Crippen molar-refractivity contribution in [2.24, 2.45) is 0 Å². The van der Waals surface area contributed by atoms with Crippen LogP contribution >= 0.6 is 23.2 Å². The van der Waals surface area contributed by atoms with Gasteiger partial charge in [0.1, 0.15) is 0 Å². The Morgan fingerprint density at radius 3 is 2.34 bits per heavy atom. The van der Waals surface area contributed by atoms with E-state index in [1.54, 1.807) is 24.3 Å². The van der Waals surface area contributed by atoms with E-state index in [2.05, 4.69) is 23.2 Å². The molecular formula is C28H28Cl2N4O. The number of rotatable bonds is 6. The standard InChI is InChI=1S/C28H28Cl2N4O/c1-2-12-33-13-10-27(11-14-33)34(28(35)32-25-17-23(29)16-24(30)18-25)26-8-6-21(7-9-26)22-5-3-4-20(15-22)19-31/h3-9,15-18,27H,2,10-14H2,1H3,(H,32,35). The first kappa shape index (κ1) is 25.1. The van der Waals surface area contributed by atoms with Crippen LogP contribution in [-0.4, -0.2) is 36.6 Å². The molecule has 0 atom stereocenters. The van der Waals surface area contributed by atoms with Gasteiger partial charge in [-0.3, -0.25) is 4.90 Å². The first-order chi connectivity index (χ1) is 17.0. The van der Waals surface area contributed by atoms with Crippen LogP contribution in [-0.2, 0) is 0 Å². The molecule has 0 unspecified atom stereocenters. The number of carbonyl (C=O) groups is 1. The number of piperidine rings is 1. The zero-order valence-electron chi connectivity index (χ0n) is 19.7. The Bertz CT molecular complexity index is 1190. The summed E-state index contributed by atoms with van der Waals surface area (Å²) in [4.78, 5) is 17.9. The Labute approximate surface area is 216 Å². The first-order valence-corrected chi connectivity index (χ1v) is 12.6. The molecule has 5 nitrogen and oxygen atoms in total. The summed E-state index contributed by atoms with van der Waals surface area (Å²) < 4.78 is 0. The number of hydrogen-bond donors (Lipinski definition) is 1. The van der Waals surface area contributed by atoms with E-state index in [9.17, 15) is 10.1 Å². The largest absolute Gasteiger partial charge is 0.326 e. The minimum atomic E-state index is -0.212. The van der Waals surface area contributed by atoms with E-state index in [4.69, 9.17) is 23.2 Å². The molecule has 180 valence electrons. The van der Waals surface area contributed by atoms with Gasteiger partial charge in [0.2, 0.25) is 0 Å². The van der Waals surface area contributed by atoms with Gasteiger partial charge in [0.15, 0.2) is 0 Å². The maximum Gasteiger partial charge on any atom is 0.326 e. The van der Waals surface area contributed by atoms with Crippen molar-refractivity contribution in [3.8, 4) is 17.2 Å². The van der Waals surface area contributed by atoms with Gasteiger partial charge in [-0.1, -0.05) is 54.4 Å². The monoisotopic (exact) mass is 506 g/mol. The molecule has 1 saturated heterocycles. The van der Waals surface area contributed by atoms with Crippen LogP contribution in [0.25, 0.3) is 11.1 Å². The highest BCUT2D eigenvalue weighted by Gasteiger charge is 2.29. The first-order valence-electron chi connectivity index (χ1n) is 11.9. The molecule has 4 rings (SSSR count). The Morgan fingerprint density at radius 2 is 1.71 bits per heavy atom. The summed E-state index contributed by atoms with van der Waals surface area (Å²) in [5.41, 5.74) is 3.96. The van der Waals surface area contributed by atoms with E-state index >= 15 is 0 Å². The van der Waals surface area contributed by atoms with Crippen molar-refractivity contribution in [3.63, 3.8) is 0 Å². The molecule has 1 heterocycles. The quantitative estimate of drug-likeness (QED) is 0.377. The molecule has 1 aliphatic rings. The molecule has 0 saturated carbocycles. The summed E-state index contributed by atoms with van der Waals surface area (Å²) in [6.45, 7) is 5.20. The molecule has 0 aromatic heterocycles. The number of nitrogens with zero attached hydrogens (tertiary/aromatic N) is 3. The molecule has 1 aliphatic heterocycles.